The van der Waals surface area contributed by atoms with Crippen molar-refractivity contribution >= 4 is 23.7 Å². The lowest BCUT2D eigenvalue weighted by atomic mass is 10.1. The average molecular weight is 377 g/mol. The number of halogens is 1. The number of amides is 1. The van der Waals surface area contributed by atoms with Crippen molar-refractivity contribution in [2.45, 2.75) is 13.8 Å². The molecule has 0 aromatic heterocycles. The smallest absolute Gasteiger partial charge is 0.277 e. The van der Waals surface area contributed by atoms with Gasteiger partial charge in [-0.25, -0.2) is 5.43 Å². The van der Waals surface area contributed by atoms with E-state index >= 15 is 0 Å². The van der Waals surface area contributed by atoms with Crippen molar-refractivity contribution < 1.29 is 19.0 Å². The van der Waals surface area contributed by atoms with E-state index in [4.69, 9.17) is 25.8 Å². The van der Waals surface area contributed by atoms with Gasteiger partial charge in [0.05, 0.1) is 20.4 Å². The van der Waals surface area contributed by atoms with Crippen LogP contribution in [-0.4, -0.2) is 32.9 Å². The summed E-state index contributed by atoms with van der Waals surface area (Å²) in [7, 11) is 3.16. The lowest BCUT2D eigenvalue weighted by Gasteiger charge is -2.12. The molecule has 0 atom stereocenters. The van der Waals surface area contributed by atoms with E-state index in [0.29, 0.717) is 16.5 Å². The molecule has 2 aromatic rings. The third-order valence-electron chi connectivity index (χ3n) is 3.70. The maximum Gasteiger partial charge on any atom is 0.277 e. The van der Waals surface area contributed by atoms with Gasteiger partial charge in [-0.3, -0.25) is 4.79 Å². The van der Waals surface area contributed by atoms with Gasteiger partial charge in [-0.1, -0.05) is 11.6 Å². The molecule has 1 amide bonds. The van der Waals surface area contributed by atoms with Gasteiger partial charge in [0.25, 0.3) is 5.91 Å². The summed E-state index contributed by atoms with van der Waals surface area (Å²) in [4.78, 5) is 11.9. The van der Waals surface area contributed by atoms with Crippen molar-refractivity contribution in [2.75, 3.05) is 20.8 Å². The van der Waals surface area contributed by atoms with E-state index in [1.807, 2.05) is 19.9 Å². The standard InChI is InChI=1S/C19H21ClN2O4/c1-12-9-15(20)6-8-16(12)26-11-18(23)22-21-10-14-5-7-17(24-3)13(2)19(14)25-4/h5-10H,11H2,1-4H3,(H,22,23)/b21-10+. The molecule has 0 bridgehead atoms. The van der Waals surface area contributed by atoms with E-state index in [1.54, 1.807) is 38.5 Å². The molecule has 0 saturated carbocycles. The summed E-state index contributed by atoms with van der Waals surface area (Å²) in [6.07, 6.45) is 1.51. The molecule has 138 valence electrons. The van der Waals surface area contributed by atoms with Crippen LogP contribution in [0.2, 0.25) is 5.02 Å². The number of methoxy groups -OCH3 is 2. The summed E-state index contributed by atoms with van der Waals surface area (Å²) in [6.45, 7) is 3.59. The van der Waals surface area contributed by atoms with Gasteiger partial charge in [0.2, 0.25) is 0 Å². The van der Waals surface area contributed by atoms with Gasteiger partial charge in [0, 0.05) is 16.1 Å². The zero-order valence-electron chi connectivity index (χ0n) is 15.1. The number of aryl methyl sites for hydroxylation is 1. The Kier molecular flexibility index (Phi) is 6.86. The molecule has 0 aliphatic rings. The lowest BCUT2D eigenvalue weighted by Crippen LogP contribution is -2.24. The topological polar surface area (TPSA) is 69.2 Å². The summed E-state index contributed by atoms with van der Waals surface area (Å²) in [5.74, 6) is 1.57. The molecular formula is C19H21ClN2O4. The highest BCUT2D eigenvalue weighted by molar-refractivity contribution is 6.30. The van der Waals surface area contributed by atoms with Crippen LogP contribution in [0.4, 0.5) is 0 Å². The largest absolute Gasteiger partial charge is 0.496 e. The highest BCUT2D eigenvalue weighted by Crippen LogP contribution is 2.30. The first kappa shape index (κ1) is 19.6. The van der Waals surface area contributed by atoms with Crippen LogP contribution in [0.5, 0.6) is 17.2 Å². The van der Waals surface area contributed by atoms with Gasteiger partial charge >= 0.3 is 0 Å². The summed E-state index contributed by atoms with van der Waals surface area (Å²) in [5, 5.41) is 4.57. The van der Waals surface area contributed by atoms with E-state index < -0.39 is 0 Å². The highest BCUT2D eigenvalue weighted by atomic mass is 35.5. The average Bonchev–Trinajstić information content (AvgIpc) is 2.61. The molecular weight excluding hydrogens is 356 g/mol. The molecule has 0 spiro atoms. The molecule has 0 saturated heterocycles. The number of hydrazone groups is 1. The number of nitrogens with one attached hydrogen (secondary N) is 1. The number of ether oxygens (including phenoxy) is 3. The molecule has 0 aliphatic carbocycles. The van der Waals surface area contributed by atoms with Gasteiger partial charge in [0.1, 0.15) is 17.2 Å². The van der Waals surface area contributed by atoms with E-state index in [2.05, 4.69) is 10.5 Å². The zero-order chi connectivity index (χ0) is 19.1. The first-order valence-electron chi connectivity index (χ1n) is 7.88. The quantitative estimate of drug-likeness (QED) is 0.593. The summed E-state index contributed by atoms with van der Waals surface area (Å²) in [5.41, 5.74) is 4.85. The van der Waals surface area contributed by atoms with E-state index in [9.17, 15) is 4.79 Å². The maximum absolute atomic E-state index is 11.9. The Morgan fingerprint density at radius 1 is 1.15 bits per heavy atom. The van der Waals surface area contributed by atoms with Crippen LogP contribution in [0.3, 0.4) is 0 Å². The molecule has 0 heterocycles. The summed E-state index contributed by atoms with van der Waals surface area (Å²) in [6, 6.07) is 8.81. The van der Waals surface area contributed by atoms with E-state index in [0.717, 1.165) is 22.4 Å². The Morgan fingerprint density at radius 2 is 1.88 bits per heavy atom. The van der Waals surface area contributed by atoms with Gasteiger partial charge < -0.3 is 14.2 Å². The van der Waals surface area contributed by atoms with Crippen LogP contribution < -0.4 is 19.6 Å². The minimum Gasteiger partial charge on any atom is -0.496 e. The van der Waals surface area contributed by atoms with Crippen molar-refractivity contribution in [1.82, 2.24) is 5.43 Å². The molecule has 0 aliphatic heterocycles. The van der Waals surface area contributed by atoms with Crippen LogP contribution in [-0.2, 0) is 4.79 Å². The van der Waals surface area contributed by atoms with Crippen LogP contribution in [0.25, 0.3) is 0 Å². The molecule has 0 unspecified atom stereocenters. The van der Waals surface area contributed by atoms with Crippen molar-refractivity contribution in [3.63, 3.8) is 0 Å². The molecule has 2 rings (SSSR count). The van der Waals surface area contributed by atoms with Gasteiger partial charge in [-0.2, -0.15) is 5.10 Å². The summed E-state index contributed by atoms with van der Waals surface area (Å²) >= 11 is 5.89. The fraction of sp³-hybridized carbons (Fsp3) is 0.263. The minimum atomic E-state index is -0.375. The van der Waals surface area contributed by atoms with Crippen molar-refractivity contribution in [2.24, 2.45) is 5.10 Å². The van der Waals surface area contributed by atoms with Gasteiger partial charge in [0.15, 0.2) is 6.61 Å². The van der Waals surface area contributed by atoms with Crippen LogP contribution >= 0.6 is 11.6 Å². The number of benzene rings is 2. The first-order chi connectivity index (χ1) is 12.5. The molecule has 1 N–H and O–H groups in total. The fourth-order valence-electron chi connectivity index (χ4n) is 2.41. The molecule has 2 aromatic carbocycles. The first-order valence-corrected chi connectivity index (χ1v) is 8.26. The second-order valence-electron chi connectivity index (χ2n) is 5.51. The fourth-order valence-corrected chi connectivity index (χ4v) is 2.64. The maximum atomic E-state index is 11.9. The highest BCUT2D eigenvalue weighted by Gasteiger charge is 2.10. The number of hydrogen-bond acceptors (Lipinski definition) is 5. The number of carbonyl (C=O) groups is 1. The second-order valence-corrected chi connectivity index (χ2v) is 5.94. The predicted molar refractivity (Wildman–Crippen MR) is 102 cm³/mol. The van der Waals surface area contributed by atoms with Gasteiger partial charge in [-0.15, -0.1) is 0 Å². The number of nitrogens with zero attached hydrogens (tertiary/aromatic N) is 1. The van der Waals surface area contributed by atoms with Crippen LogP contribution in [0.1, 0.15) is 16.7 Å². The predicted octanol–water partition coefficient (Wildman–Crippen LogP) is 3.50. The number of rotatable bonds is 7. The molecule has 7 heteroatoms. The van der Waals surface area contributed by atoms with Crippen LogP contribution in [0.15, 0.2) is 35.4 Å². The normalized spacial score (nSPS) is 10.7. The molecule has 6 nitrogen and oxygen atoms in total. The third kappa shape index (κ3) is 4.89. The Bertz CT molecular complexity index is 821. The SMILES string of the molecule is COc1ccc(/C=N/NC(=O)COc2ccc(Cl)cc2C)c(OC)c1C. The van der Waals surface area contributed by atoms with Crippen molar-refractivity contribution in [3.05, 3.63) is 52.0 Å². The van der Waals surface area contributed by atoms with Gasteiger partial charge in [-0.05, 0) is 49.7 Å². The molecule has 26 heavy (non-hydrogen) atoms. The van der Waals surface area contributed by atoms with Crippen LogP contribution in [0, 0.1) is 13.8 Å². The number of carbonyl (C=O) groups excluding carboxylic acids is 1. The monoisotopic (exact) mass is 376 g/mol. The molecule has 0 fully saturated rings. The van der Waals surface area contributed by atoms with Crippen molar-refractivity contribution in [1.29, 1.82) is 0 Å². The lowest BCUT2D eigenvalue weighted by molar-refractivity contribution is -0.123. The Morgan fingerprint density at radius 3 is 2.54 bits per heavy atom. The van der Waals surface area contributed by atoms with Crippen molar-refractivity contribution in [3.8, 4) is 17.2 Å². The number of hydrogen-bond donors (Lipinski definition) is 1. The second kappa shape index (κ2) is 9.10. The summed E-state index contributed by atoms with van der Waals surface area (Å²) < 4.78 is 16.1. The minimum absolute atomic E-state index is 0.154. The Labute approximate surface area is 157 Å². The van der Waals surface area contributed by atoms with E-state index in [-0.39, 0.29) is 12.5 Å². The Balaban J connectivity index is 1.95. The third-order valence-corrected chi connectivity index (χ3v) is 3.93. The zero-order valence-corrected chi connectivity index (χ0v) is 15.9. The Hall–Kier alpha value is -2.73. The van der Waals surface area contributed by atoms with E-state index in [1.165, 1.54) is 6.21 Å². The molecule has 0 radical (unpaired) electrons.